The molecule has 15 heavy (non-hydrogen) atoms. The summed E-state index contributed by atoms with van der Waals surface area (Å²) in [4.78, 5) is 11.3. The van der Waals surface area contributed by atoms with Crippen molar-refractivity contribution in [1.82, 2.24) is 5.32 Å². The maximum atomic E-state index is 11.3. The summed E-state index contributed by atoms with van der Waals surface area (Å²) in [6.07, 6.45) is 5.41. The lowest BCUT2D eigenvalue weighted by molar-refractivity contribution is -0.114. The Morgan fingerprint density at radius 2 is 2.20 bits per heavy atom. The summed E-state index contributed by atoms with van der Waals surface area (Å²) in [7, 11) is 0. The van der Waals surface area contributed by atoms with Gasteiger partial charge in [-0.25, -0.2) is 0 Å². The largest absolute Gasteiger partial charge is 0.388 e. The minimum atomic E-state index is -0.162. The van der Waals surface area contributed by atoms with Gasteiger partial charge < -0.3 is 11.1 Å². The van der Waals surface area contributed by atoms with Crippen LogP contribution >= 0.6 is 0 Å². The van der Waals surface area contributed by atoms with Gasteiger partial charge in [0.2, 0.25) is 0 Å². The Labute approximate surface area is 92.1 Å². The number of hydrogen-bond donors (Lipinski definition) is 2. The first-order valence-corrected chi connectivity index (χ1v) is 5.66. The molecule has 0 aromatic carbocycles. The standard InChI is InChI=1S/C12H22N2O/c1-9(7-12(2,3)13)14-8-10-5-4-6-11(10)15/h8-9,14H,4-7,13H2,1-3H3/b10-8-. The number of ketones is 1. The molecule has 86 valence electrons. The number of nitrogens with one attached hydrogen (secondary N) is 1. The number of carbonyl (C=O) groups excluding carboxylic acids is 1. The van der Waals surface area contributed by atoms with Gasteiger partial charge in [0.25, 0.3) is 0 Å². The fourth-order valence-electron chi connectivity index (χ4n) is 1.98. The average molecular weight is 210 g/mol. The van der Waals surface area contributed by atoms with Crippen molar-refractivity contribution in [3.63, 3.8) is 0 Å². The van der Waals surface area contributed by atoms with Crippen LogP contribution in [0.4, 0.5) is 0 Å². The van der Waals surface area contributed by atoms with Crippen LogP contribution in [-0.2, 0) is 4.79 Å². The number of carbonyl (C=O) groups is 1. The van der Waals surface area contributed by atoms with Crippen LogP contribution < -0.4 is 11.1 Å². The Hall–Kier alpha value is -0.830. The highest BCUT2D eigenvalue weighted by molar-refractivity contribution is 5.97. The molecule has 0 aromatic heterocycles. The van der Waals surface area contributed by atoms with E-state index in [2.05, 4.69) is 12.2 Å². The molecule has 1 saturated carbocycles. The number of nitrogens with two attached hydrogens (primary N) is 1. The molecule has 3 nitrogen and oxygen atoms in total. The van der Waals surface area contributed by atoms with Crippen LogP contribution in [0.15, 0.2) is 11.8 Å². The molecule has 0 heterocycles. The second-order valence-corrected chi connectivity index (χ2v) is 5.21. The van der Waals surface area contributed by atoms with E-state index in [0.29, 0.717) is 18.2 Å². The quantitative estimate of drug-likeness (QED) is 0.695. The summed E-state index contributed by atoms with van der Waals surface area (Å²) in [6.45, 7) is 6.11. The number of rotatable bonds is 4. The van der Waals surface area contributed by atoms with Crippen molar-refractivity contribution in [2.24, 2.45) is 5.73 Å². The Balaban J connectivity index is 2.39. The smallest absolute Gasteiger partial charge is 0.160 e. The van der Waals surface area contributed by atoms with E-state index in [1.807, 2.05) is 20.0 Å². The summed E-state index contributed by atoms with van der Waals surface area (Å²) >= 11 is 0. The molecule has 0 bridgehead atoms. The first-order chi connectivity index (χ1) is 6.88. The number of Topliss-reactive ketones (excluding diaryl/α,β-unsaturated/α-hetero) is 1. The van der Waals surface area contributed by atoms with Crippen molar-refractivity contribution in [2.75, 3.05) is 0 Å². The van der Waals surface area contributed by atoms with E-state index in [1.54, 1.807) is 0 Å². The third-order valence-electron chi connectivity index (χ3n) is 2.58. The number of allylic oxidation sites excluding steroid dienone is 1. The summed E-state index contributed by atoms with van der Waals surface area (Å²) < 4.78 is 0. The number of hydrogen-bond acceptors (Lipinski definition) is 3. The molecule has 0 radical (unpaired) electrons. The molecule has 1 unspecified atom stereocenters. The van der Waals surface area contributed by atoms with Gasteiger partial charge in [-0.1, -0.05) is 0 Å². The Morgan fingerprint density at radius 3 is 2.67 bits per heavy atom. The van der Waals surface area contributed by atoms with Gasteiger partial charge in [0.15, 0.2) is 5.78 Å². The second-order valence-electron chi connectivity index (χ2n) is 5.21. The van der Waals surface area contributed by atoms with E-state index in [9.17, 15) is 4.79 Å². The van der Waals surface area contributed by atoms with Crippen molar-refractivity contribution in [1.29, 1.82) is 0 Å². The van der Waals surface area contributed by atoms with Gasteiger partial charge in [-0.05, 0) is 40.0 Å². The van der Waals surface area contributed by atoms with Gasteiger partial charge >= 0.3 is 0 Å². The van der Waals surface area contributed by atoms with E-state index in [4.69, 9.17) is 5.73 Å². The van der Waals surface area contributed by atoms with E-state index in [-0.39, 0.29) is 5.54 Å². The molecular weight excluding hydrogens is 188 g/mol. The Kier molecular flexibility index (Phi) is 3.91. The van der Waals surface area contributed by atoms with Gasteiger partial charge in [-0.2, -0.15) is 0 Å². The molecule has 1 aliphatic rings. The van der Waals surface area contributed by atoms with E-state index >= 15 is 0 Å². The Morgan fingerprint density at radius 1 is 1.53 bits per heavy atom. The van der Waals surface area contributed by atoms with Crippen LogP contribution in [0.3, 0.4) is 0 Å². The van der Waals surface area contributed by atoms with Crippen molar-refractivity contribution in [3.8, 4) is 0 Å². The van der Waals surface area contributed by atoms with Crippen molar-refractivity contribution < 1.29 is 4.79 Å². The highest BCUT2D eigenvalue weighted by atomic mass is 16.1. The molecule has 0 amide bonds. The topological polar surface area (TPSA) is 55.1 Å². The molecule has 0 aromatic rings. The van der Waals surface area contributed by atoms with Crippen LogP contribution in [0.1, 0.15) is 46.5 Å². The van der Waals surface area contributed by atoms with Gasteiger partial charge in [0.05, 0.1) is 0 Å². The molecule has 0 aliphatic heterocycles. The molecule has 3 heteroatoms. The third-order valence-corrected chi connectivity index (χ3v) is 2.58. The zero-order valence-electron chi connectivity index (χ0n) is 9.97. The van der Waals surface area contributed by atoms with E-state index < -0.39 is 0 Å². The highest BCUT2D eigenvalue weighted by Gasteiger charge is 2.18. The van der Waals surface area contributed by atoms with Gasteiger partial charge in [-0.3, -0.25) is 4.79 Å². The molecule has 0 saturated heterocycles. The zero-order chi connectivity index (χ0) is 11.5. The molecule has 1 atom stereocenters. The molecular formula is C12H22N2O. The zero-order valence-corrected chi connectivity index (χ0v) is 9.97. The lowest BCUT2D eigenvalue weighted by atomic mass is 9.97. The van der Waals surface area contributed by atoms with Crippen LogP contribution in [0.2, 0.25) is 0 Å². The van der Waals surface area contributed by atoms with Gasteiger partial charge in [-0.15, -0.1) is 0 Å². The van der Waals surface area contributed by atoms with E-state index in [0.717, 1.165) is 24.8 Å². The third kappa shape index (κ3) is 4.47. The molecule has 3 N–H and O–H groups in total. The maximum absolute atomic E-state index is 11.3. The Bertz CT molecular complexity index is 263. The van der Waals surface area contributed by atoms with Crippen molar-refractivity contribution in [2.45, 2.75) is 58.0 Å². The summed E-state index contributed by atoms with van der Waals surface area (Å²) in [5.74, 6) is 0.293. The molecule has 1 aliphatic carbocycles. The predicted octanol–water partition coefficient (Wildman–Crippen LogP) is 1.73. The predicted molar refractivity (Wildman–Crippen MR) is 62.4 cm³/mol. The molecule has 0 spiro atoms. The summed E-state index contributed by atoms with van der Waals surface area (Å²) in [5, 5.41) is 3.25. The summed E-state index contributed by atoms with van der Waals surface area (Å²) in [6, 6.07) is 0.311. The van der Waals surface area contributed by atoms with Crippen LogP contribution in [0.25, 0.3) is 0 Å². The lowest BCUT2D eigenvalue weighted by Gasteiger charge is -2.23. The minimum Gasteiger partial charge on any atom is -0.388 e. The molecule has 1 fully saturated rings. The molecule has 1 rings (SSSR count). The fourth-order valence-corrected chi connectivity index (χ4v) is 1.98. The SMILES string of the molecule is CC(CC(C)(C)N)N/C=C1/CCCC1=O. The second kappa shape index (κ2) is 4.79. The van der Waals surface area contributed by atoms with Crippen molar-refractivity contribution >= 4 is 5.78 Å². The normalized spacial score (nSPS) is 22.1. The minimum absolute atomic E-state index is 0.162. The van der Waals surface area contributed by atoms with E-state index in [1.165, 1.54) is 0 Å². The van der Waals surface area contributed by atoms with Crippen LogP contribution in [0, 0.1) is 0 Å². The average Bonchev–Trinajstić information content (AvgIpc) is 2.44. The van der Waals surface area contributed by atoms with Gasteiger partial charge in [0, 0.05) is 29.8 Å². The first-order valence-electron chi connectivity index (χ1n) is 5.66. The maximum Gasteiger partial charge on any atom is 0.160 e. The monoisotopic (exact) mass is 210 g/mol. The summed E-state index contributed by atoms with van der Waals surface area (Å²) in [5.41, 5.74) is 6.70. The van der Waals surface area contributed by atoms with Crippen molar-refractivity contribution in [3.05, 3.63) is 11.8 Å². The fraction of sp³-hybridized carbons (Fsp3) is 0.750. The highest BCUT2D eigenvalue weighted by Crippen LogP contribution is 2.19. The first kappa shape index (κ1) is 12.2. The lowest BCUT2D eigenvalue weighted by Crippen LogP contribution is -2.39. The van der Waals surface area contributed by atoms with Crippen LogP contribution in [-0.4, -0.2) is 17.4 Å². The van der Waals surface area contributed by atoms with Gasteiger partial charge in [0.1, 0.15) is 0 Å². The van der Waals surface area contributed by atoms with Crippen LogP contribution in [0.5, 0.6) is 0 Å².